The maximum absolute atomic E-state index is 7.14. The van der Waals surface area contributed by atoms with Crippen molar-refractivity contribution in [2.24, 2.45) is 0 Å². The first kappa shape index (κ1) is 15.9. The van der Waals surface area contributed by atoms with Crippen molar-refractivity contribution >= 4 is 43.4 Å². The molecule has 1 heterocycles. The van der Waals surface area contributed by atoms with E-state index in [9.17, 15) is 0 Å². The van der Waals surface area contributed by atoms with E-state index in [-0.39, 0.29) is 0 Å². The van der Waals surface area contributed by atoms with Crippen molar-refractivity contribution in [1.29, 1.82) is 0 Å². The Kier molecular flexibility index (Phi) is 3.57. The lowest BCUT2D eigenvalue weighted by atomic mass is 10.1. The molecule has 3 heteroatoms. The summed E-state index contributed by atoms with van der Waals surface area (Å²) in [7, 11) is -2.14. The second kappa shape index (κ2) is 5.61. The smallest absolute Gasteiger partial charge is 0.106 e. The Balaban J connectivity index is 1.71. The molecule has 2 unspecified atom stereocenters. The standard InChI is InChI=1S/C22H20Cl2Si/c23-22(24)14-5-15-25(22,20-12-10-16-6-1-3-8-18(16)20)21-13-11-17-7-2-4-9-19(17)21/h1-4,6-13,20-21H,5,14-15H2. The van der Waals surface area contributed by atoms with Gasteiger partial charge in [0, 0.05) is 11.1 Å². The monoisotopic (exact) mass is 382 g/mol. The molecule has 1 saturated heterocycles. The third-order valence-corrected chi connectivity index (χ3v) is 15.0. The van der Waals surface area contributed by atoms with E-state index < -0.39 is 12.0 Å². The predicted molar refractivity (Wildman–Crippen MR) is 111 cm³/mol. The van der Waals surface area contributed by atoms with Gasteiger partial charge in [0.15, 0.2) is 0 Å². The summed E-state index contributed by atoms with van der Waals surface area (Å²) in [5.74, 6) is 0. The van der Waals surface area contributed by atoms with E-state index in [1.54, 1.807) is 0 Å². The molecule has 0 radical (unpaired) electrons. The first-order valence-electron chi connectivity index (χ1n) is 9.06. The van der Waals surface area contributed by atoms with Crippen LogP contribution in [0.4, 0.5) is 0 Å². The zero-order valence-electron chi connectivity index (χ0n) is 14.0. The van der Waals surface area contributed by atoms with E-state index in [0.717, 1.165) is 12.8 Å². The molecule has 2 atom stereocenters. The summed E-state index contributed by atoms with van der Waals surface area (Å²) in [6.45, 7) is 0. The fraction of sp³-hybridized carbons (Fsp3) is 0.273. The highest BCUT2D eigenvalue weighted by Crippen LogP contribution is 2.61. The molecule has 2 aromatic rings. The van der Waals surface area contributed by atoms with Gasteiger partial charge in [-0.25, -0.2) is 0 Å². The van der Waals surface area contributed by atoms with Gasteiger partial charge in [-0.3, -0.25) is 0 Å². The van der Waals surface area contributed by atoms with E-state index in [2.05, 4.69) is 72.8 Å². The van der Waals surface area contributed by atoms with Crippen LogP contribution in [0.25, 0.3) is 12.2 Å². The third kappa shape index (κ3) is 2.13. The number of benzene rings is 2. The van der Waals surface area contributed by atoms with Crippen LogP contribution in [0.3, 0.4) is 0 Å². The maximum Gasteiger partial charge on any atom is 0.119 e. The lowest BCUT2D eigenvalue weighted by Gasteiger charge is -2.45. The number of fused-ring (bicyclic) bond motifs is 2. The minimum absolute atomic E-state index is 0.391. The van der Waals surface area contributed by atoms with Crippen LogP contribution in [0.2, 0.25) is 6.04 Å². The van der Waals surface area contributed by atoms with Gasteiger partial charge in [-0.05, 0) is 28.7 Å². The molecule has 0 saturated carbocycles. The van der Waals surface area contributed by atoms with Gasteiger partial charge in [0.1, 0.15) is 12.0 Å². The quantitative estimate of drug-likeness (QED) is 0.403. The van der Waals surface area contributed by atoms with Crippen molar-refractivity contribution < 1.29 is 0 Å². The molecule has 3 aliphatic rings. The Labute approximate surface area is 160 Å². The van der Waals surface area contributed by atoms with E-state index in [1.165, 1.54) is 28.3 Å². The highest BCUT2D eigenvalue weighted by atomic mass is 35.5. The molecular weight excluding hydrogens is 363 g/mol. The van der Waals surface area contributed by atoms with Gasteiger partial charge < -0.3 is 0 Å². The largest absolute Gasteiger partial charge is 0.119 e. The second-order valence-electron chi connectivity index (χ2n) is 7.53. The van der Waals surface area contributed by atoms with Crippen LogP contribution < -0.4 is 0 Å². The molecule has 0 N–H and O–H groups in total. The SMILES string of the molecule is ClC1(Cl)CCC[Si]1(C1C=Cc2ccccc21)C1C=Cc2ccccc21. The van der Waals surface area contributed by atoms with Gasteiger partial charge in [-0.15, -0.1) is 23.2 Å². The first-order chi connectivity index (χ1) is 12.1. The molecule has 0 aromatic heterocycles. The van der Waals surface area contributed by atoms with Crippen LogP contribution in [0, 0.1) is 0 Å². The molecule has 5 rings (SSSR count). The fourth-order valence-corrected chi connectivity index (χ4v) is 13.8. The minimum atomic E-state index is -2.14. The molecule has 2 aromatic carbocycles. The topological polar surface area (TPSA) is 0 Å². The number of allylic oxidation sites excluding steroid dienone is 2. The zero-order valence-corrected chi connectivity index (χ0v) is 16.5. The van der Waals surface area contributed by atoms with Crippen molar-refractivity contribution in [3.05, 3.63) is 82.9 Å². The fourth-order valence-electron chi connectivity index (χ4n) is 5.38. The van der Waals surface area contributed by atoms with Crippen molar-refractivity contribution in [2.75, 3.05) is 0 Å². The van der Waals surface area contributed by atoms with Crippen LogP contribution >= 0.6 is 23.2 Å². The van der Waals surface area contributed by atoms with Gasteiger partial charge in [-0.1, -0.05) is 85.3 Å². The van der Waals surface area contributed by atoms with Crippen molar-refractivity contribution in [3.63, 3.8) is 0 Å². The highest BCUT2D eigenvalue weighted by molar-refractivity contribution is 6.99. The van der Waals surface area contributed by atoms with Crippen LogP contribution in [0.15, 0.2) is 60.7 Å². The maximum atomic E-state index is 7.14. The van der Waals surface area contributed by atoms with E-state index in [4.69, 9.17) is 23.2 Å². The summed E-state index contributed by atoms with van der Waals surface area (Å²) in [4.78, 5) is 0. The molecule has 0 nitrogen and oxygen atoms in total. The number of hydrogen-bond acceptors (Lipinski definition) is 0. The Morgan fingerprint density at radius 3 is 1.80 bits per heavy atom. The summed E-state index contributed by atoms with van der Waals surface area (Å²) in [5.41, 5.74) is 6.32. The third-order valence-electron chi connectivity index (χ3n) is 6.47. The van der Waals surface area contributed by atoms with E-state index >= 15 is 0 Å². The Morgan fingerprint density at radius 1 is 0.800 bits per heavy atom. The number of alkyl halides is 2. The average molecular weight is 383 g/mol. The summed E-state index contributed by atoms with van der Waals surface area (Å²) >= 11 is 14.3. The number of halogens is 2. The Bertz CT molecular complexity index is 835. The van der Waals surface area contributed by atoms with Gasteiger partial charge in [0.05, 0.1) is 0 Å². The van der Waals surface area contributed by atoms with Gasteiger partial charge in [0.25, 0.3) is 0 Å². The van der Waals surface area contributed by atoms with Crippen molar-refractivity contribution in [1.82, 2.24) is 0 Å². The minimum Gasteiger partial charge on any atom is -0.106 e. The normalized spacial score (nSPS) is 31.3. The van der Waals surface area contributed by atoms with E-state index in [0.29, 0.717) is 11.1 Å². The summed E-state index contributed by atoms with van der Waals surface area (Å²) in [5, 5.41) is 0. The Morgan fingerprint density at radius 2 is 1.32 bits per heavy atom. The zero-order chi connectivity index (χ0) is 17.1. The lowest BCUT2D eigenvalue weighted by Crippen LogP contribution is -2.56. The number of hydrogen-bond donors (Lipinski definition) is 0. The molecule has 1 fully saturated rings. The number of rotatable bonds is 2. The van der Waals surface area contributed by atoms with Crippen LogP contribution in [0.1, 0.15) is 46.2 Å². The molecule has 0 spiro atoms. The summed E-state index contributed by atoms with van der Waals surface area (Å²) in [6.07, 6.45) is 11.4. The summed E-state index contributed by atoms with van der Waals surface area (Å²) < 4.78 is -0.591. The molecule has 25 heavy (non-hydrogen) atoms. The molecule has 1 aliphatic heterocycles. The van der Waals surface area contributed by atoms with E-state index in [1.807, 2.05) is 0 Å². The second-order valence-corrected chi connectivity index (χ2v) is 14.3. The molecule has 0 bridgehead atoms. The van der Waals surface area contributed by atoms with Gasteiger partial charge in [0.2, 0.25) is 0 Å². The van der Waals surface area contributed by atoms with Crippen LogP contribution in [0.5, 0.6) is 0 Å². The summed E-state index contributed by atoms with van der Waals surface area (Å²) in [6, 6.07) is 18.7. The first-order valence-corrected chi connectivity index (χ1v) is 12.2. The van der Waals surface area contributed by atoms with Gasteiger partial charge in [-0.2, -0.15) is 0 Å². The lowest BCUT2D eigenvalue weighted by molar-refractivity contribution is 0.868. The molecular formula is C22H20Cl2Si. The predicted octanol–water partition coefficient (Wildman–Crippen LogP) is 6.64. The molecule has 0 amide bonds. The van der Waals surface area contributed by atoms with Crippen LogP contribution in [-0.4, -0.2) is 12.0 Å². The molecule has 2 aliphatic carbocycles. The Hall–Kier alpha value is -1.28. The van der Waals surface area contributed by atoms with Crippen molar-refractivity contribution in [3.8, 4) is 0 Å². The van der Waals surface area contributed by atoms with Crippen LogP contribution in [-0.2, 0) is 0 Å². The molecule has 126 valence electrons. The van der Waals surface area contributed by atoms with Gasteiger partial charge >= 0.3 is 0 Å². The van der Waals surface area contributed by atoms with Crippen molar-refractivity contribution in [2.45, 2.75) is 33.9 Å². The highest BCUT2D eigenvalue weighted by Gasteiger charge is 2.63. The average Bonchev–Trinajstić information content (AvgIpc) is 3.30.